The van der Waals surface area contributed by atoms with Crippen LogP contribution in [0.4, 0.5) is 0 Å². The first kappa shape index (κ1) is 24.0. The lowest BCUT2D eigenvalue weighted by atomic mass is 10.0. The highest BCUT2D eigenvalue weighted by molar-refractivity contribution is 5.78. The molecule has 0 aromatic carbocycles. The average molecular weight is 389 g/mol. The summed E-state index contributed by atoms with van der Waals surface area (Å²) in [6, 6.07) is -1.42. The van der Waals surface area contributed by atoms with E-state index in [-0.39, 0.29) is 6.29 Å². The molecule has 0 bridgehead atoms. The Morgan fingerprint density at radius 1 is 0.778 bits per heavy atom. The molecule has 0 aliphatic carbocycles. The van der Waals surface area contributed by atoms with Crippen molar-refractivity contribution in [3.63, 3.8) is 0 Å². The maximum Gasteiger partial charge on any atom is 0.303 e. The summed E-state index contributed by atoms with van der Waals surface area (Å²) in [7, 11) is 0. The van der Waals surface area contributed by atoms with Crippen LogP contribution in [-0.2, 0) is 47.7 Å². The number of rotatable bonds is 10. The zero-order valence-electron chi connectivity index (χ0n) is 15.7. The first-order valence-corrected chi connectivity index (χ1v) is 7.85. The van der Waals surface area contributed by atoms with E-state index in [9.17, 15) is 28.8 Å². The van der Waals surface area contributed by atoms with Gasteiger partial charge in [0.1, 0.15) is 18.9 Å². The van der Waals surface area contributed by atoms with Gasteiger partial charge in [-0.25, -0.2) is 0 Å². The quantitative estimate of drug-likeness (QED) is 0.281. The lowest BCUT2D eigenvalue weighted by Crippen LogP contribution is -2.57. The van der Waals surface area contributed by atoms with Crippen molar-refractivity contribution in [1.29, 1.82) is 0 Å². The molecule has 0 aliphatic rings. The van der Waals surface area contributed by atoms with Gasteiger partial charge in [0.15, 0.2) is 18.3 Å². The third kappa shape index (κ3) is 9.92. The Morgan fingerprint density at radius 3 is 1.63 bits per heavy atom. The van der Waals surface area contributed by atoms with Gasteiger partial charge in [0, 0.05) is 34.6 Å². The summed E-state index contributed by atoms with van der Waals surface area (Å²) in [6.07, 6.45) is -4.23. The van der Waals surface area contributed by atoms with Crippen LogP contribution in [0.5, 0.6) is 0 Å². The standard InChI is InChI=1S/C16H23NO10/c1-8(19)17-13(6-18)15(26-11(4)22)16(27-12(5)23)14(25-10(3)21)7-24-9(2)20/h6,13-16H,7H2,1-5H3,(H,17,19)/t13-,14-,15+,16-/m1/s1. The zero-order valence-corrected chi connectivity index (χ0v) is 15.7. The van der Waals surface area contributed by atoms with Gasteiger partial charge in [-0.3, -0.25) is 24.0 Å². The van der Waals surface area contributed by atoms with E-state index in [0.29, 0.717) is 0 Å². The predicted molar refractivity (Wildman–Crippen MR) is 87.0 cm³/mol. The summed E-state index contributed by atoms with van der Waals surface area (Å²) in [5, 5.41) is 2.24. The molecule has 0 rings (SSSR count). The third-order valence-corrected chi connectivity index (χ3v) is 2.93. The fourth-order valence-corrected chi connectivity index (χ4v) is 2.12. The number of esters is 4. The van der Waals surface area contributed by atoms with Gasteiger partial charge in [-0.15, -0.1) is 0 Å². The second-order valence-corrected chi connectivity index (χ2v) is 5.46. The van der Waals surface area contributed by atoms with Crippen LogP contribution in [0.2, 0.25) is 0 Å². The van der Waals surface area contributed by atoms with Gasteiger partial charge in [0.25, 0.3) is 0 Å². The van der Waals surface area contributed by atoms with E-state index in [0.717, 1.165) is 34.6 Å². The lowest BCUT2D eigenvalue weighted by Gasteiger charge is -2.34. The number of ether oxygens (including phenoxy) is 4. The predicted octanol–water partition coefficient (Wildman–Crippen LogP) is -0.952. The molecule has 0 aromatic rings. The van der Waals surface area contributed by atoms with E-state index < -0.39 is 60.7 Å². The minimum atomic E-state index is -1.55. The molecule has 0 aliphatic heterocycles. The summed E-state index contributed by atoms with van der Waals surface area (Å²) >= 11 is 0. The van der Waals surface area contributed by atoms with Crippen LogP contribution in [0.3, 0.4) is 0 Å². The molecule has 152 valence electrons. The fourth-order valence-electron chi connectivity index (χ4n) is 2.12. The number of carbonyl (C=O) groups excluding carboxylic acids is 6. The Bertz CT molecular complexity index is 588. The van der Waals surface area contributed by atoms with E-state index in [1.807, 2.05) is 0 Å². The van der Waals surface area contributed by atoms with E-state index in [4.69, 9.17) is 18.9 Å². The summed E-state index contributed by atoms with van der Waals surface area (Å²) in [5.74, 6) is -3.87. The Labute approximate surface area is 155 Å². The molecule has 0 saturated heterocycles. The van der Waals surface area contributed by atoms with Crippen molar-refractivity contribution >= 4 is 36.1 Å². The molecule has 27 heavy (non-hydrogen) atoms. The number of carbonyl (C=O) groups is 6. The lowest BCUT2D eigenvalue weighted by molar-refractivity contribution is -0.191. The molecule has 0 fully saturated rings. The molecule has 1 N–H and O–H groups in total. The highest BCUT2D eigenvalue weighted by Gasteiger charge is 2.42. The molecule has 0 heterocycles. The molecule has 1 amide bonds. The van der Waals surface area contributed by atoms with Crippen molar-refractivity contribution in [2.24, 2.45) is 0 Å². The summed E-state index contributed by atoms with van der Waals surface area (Å²) in [6.45, 7) is 4.78. The number of hydrogen-bond acceptors (Lipinski definition) is 10. The summed E-state index contributed by atoms with van der Waals surface area (Å²) in [5.41, 5.74) is 0. The molecule has 0 saturated carbocycles. The minimum Gasteiger partial charge on any atom is -0.462 e. The molecule has 11 heteroatoms. The highest BCUT2D eigenvalue weighted by Crippen LogP contribution is 2.17. The fraction of sp³-hybridized carbons (Fsp3) is 0.625. The van der Waals surface area contributed by atoms with Crippen LogP contribution in [0, 0.1) is 0 Å². The minimum absolute atomic E-state index is 0.266. The Morgan fingerprint density at radius 2 is 1.26 bits per heavy atom. The van der Waals surface area contributed by atoms with Crippen LogP contribution in [0.15, 0.2) is 0 Å². The van der Waals surface area contributed by atoms with Crippen molar-refractivity contribution in [2.75, 3.05) is 6.61 Å². The first-order valence-electron chi connectivity index (χ1n) is 7.85. The average Bonchev–Trinajstić information content (AvgIpc) is 2.51. The van der Waals surface area contributed by atoms with Crippen molar-refractivity contribution in [3.8, 4) is 0 Å². The van der Waals surface area contributed by atoms with Crippen molar-refractivity contribution in [2.45, 2.75) is 59.0 Å². The number of hydrogen-bond donors (Lipinski definition) is 1. The number of nitrogens with one attached hydrogen (secondary N) is 1. The largest absolute Gasteiger partial charge is 0.462 e. The molecule has 11 nitrogen and oxygen atoms in total. The maximum atomic E-state index is 11.5. The SMILES string of the molecule is CC(=O)N[C@H](C=O)[C@H](OC(C)=O)[C@H](OC(C)=O)[C@@H](COC(C)=O)OC(C)=O. The van der Waals surface area contributed by atoms with Gasteiger partial charge in [-0.05, 0) is 0 Å². The second kappa shape index (κ2) is 11.6. The molecule has 0 unspecified atom stereocenters. The van der Waals surface area contributed by atoms with Crippen LogP contribution >= 0.6 is 0 Å². The van der Waals surface area contributed by atoms with Gasteiger partial charge in [-0.2, -0.15) is 0 Å². The van der Waals surface area contributed by atoms with Crippen molar-refractivity contribution < 1.29 is 47.7 Å². The Balaban J connectivity index is 6.00. The van der Waals surface area contributed by atoms with Crippen LogP contribution in [0.25, 0.3) is 0 Å². The molecule has 0 radical (unpaired) electrons. The van der Waals surface area contributed by atoms with Crippen LogP contribution in [0.1, 0.15) is 34.6 Å². The van der Waals surface area contributed by atoms with Gasteiger partial charge in [0.05, 0.1) is 0 Å². The maximum absolute atomic E-state index is 11.5. The van der Waals surface area contributed by atoms with E-state index >= 15 is 0 Å². The van der Waals surface area contributed by atoms with Crippen molar-refractivity contribution in [1.82, 2.24) is 5.32 Å². The van der Waals surface area contributed by atoms with Gasteiger partial charge in [0.2, 0.25) is 5.91 Å². The topological polar surface area (TPSA) is 151 Å². The normalized spacial score (nSPS) is 14.6. The van der Waals surface area contributed by atoms with Gasteiger partial charge >= 0.3 is 23.9 Å². The third-order valence-electron chi connectivity index (χ3n) is 2.93. The highest BCUT2D eigenvalue weighted by atomic mass is 16.6. The molecular formula is C16H23NO10. The zero-order chi connectivity index (χ0) is 21.1. The van der Waals surface area contributed by atoms with Gasteiger partial charge in [-0.1, -0.05) is 0 Å². The molecule has 4 atom stereocenters. The molecule has 0 spiro atoms. The van der Waals surface area contributed by atoms with E-state index in [2.05, 4.69) is 5.32 Å². The monoisotopic (exact) mass is 389 g/mol. The van der Waals surface area contributed by atoms with Crippen molar-refractivity contribution in [3.05, 3.63) is 0 Å². The summed E-state index contributed by atoms with van der Waals surface area (Å²) in [4.78, 5) is 68.3. The molecule has 0 aromatic heterocycles. The van der Waals surface area contributed by atoms with Crippen LogP contribution in [-0.4, -0.2) is 67.0 Å². The Hall–Kier alpha value is -2.98. The van der Waals surface area contributed by atoms with Crippen LogP contribution < -0.4 is 5.32 Å². The summed E-state index contributed by atoms with van der Waals surface area (Å²) < 4.78 is 19.9. The molecular weight excluding hydrogens is 366 g/mol. The number of amides is 1. The first-order chi connectivity index (χ1) is 12.5. The van der Waals surface area contributed by atoms with E-state index in [1.54, 1.807) is 0 Å². The second-order valence-electron chi connectivity index (χ2n) is 5.46. The smallest absolute Gasteiger partial charge is 0.303 e. The van der Waals surface area contributed by atoms with Gasteiger partial charge < -0.3 is 29.1 Å². The van der Waals surface area contributed by atoms with E-state index in [1.165, 1.54) is 0 Å². The number of aldehydes is 1. The Kier molecular flexibility index (Phi) is 10.3.